The number of rotatable bonds is 5. The van der Waals surface area contributed by atoms with E-state index in [1.807, 2.05) is 18.9 Å². The zero-order valence-corrected chi connectivity index (χ0v) is 10.8. The Kier molecular flexibility index (Phi) is 5.77. The van der Waals surface area contributed by atoms with Gasteiger partial charge in [0.1, 0.15) is 0 Å². The van der Waals surface area contributed by atoms with E-state index >= 15 is 0 Å². The standard InChI is InChI=1S/C12H25N3O/c1-4-13-10-12(16)14(3)11-6-8-15(5-2)9-7-11/h11,13H,4-10H2,1-3H3. The predicted octanol–water partition coefficient (Wildman–Crippen LogP) is 0.539. The molecule has 0 aliphatic carbocycles. The van der Waals surface area contributed by atoms with Gasteiger partial charge < -0.3 is 15.1 Å². The highest BCUT2D eigenvalue weighted by Crippen LogP contribution is 2.14. The van der Waals surface area contributed by atoms with Crippen LogP contribution in [0.5, 0.6) is 0 Å². The number of amides is 1. The van der Waals surface area contributed by atoms with Crippen molar-refractivity contribution in [2.24, 2.45) is 0 Å². The Morgan fingerprint density at radius 2 is 2.00 bits per heavy atom. The highest BCUT2D eigenvalue weighted by atomic mass is 16.2. The lowest BCUT2D eigenvalue weighted by Gasteiger charge is -2.36. The highest BCUT2D eigenvalue weighted by Gasteiger charge is 2.24. The maximum absolute atomic E-state index is 11.8. The molecule has 0 saturated carbocycles. The molecule has 1 heterocycles. The van der Waals surface area contributed by atoms with Crippen molar-refractivity contribution < 1.29 is 4.79 Å². The fourth-order valence-corrected chi connectivity index (χ4v) is 2.18. The predicted molar refractivity (Wildman–Crippen MR) is 66.4 cm³/mol. The molecule has 4 heteroatoms. The van der Waals surface area contributed by atoms with Crippen LogP contribution in [0.4, 0.5) is 0 Å². The quantitative estimate of drug-likeness (QED) is 0.744. The van der Waals surface area contributed by atoms with Gasteiger partial charge in [0.05, 0.1) is 6.54 Å². The van der Waals surface area contributed by atoms with E-state index < -0.39 is 0 Å². The lowest BCUT2D eigenvalue weighted by Crippen LogP contribution is -2.47. The smallest absolute Gasteiger partial charge is 0.236 e. The van der Waals surface area contributed by atoms with E-state index in [1.54, 1.807) is 0 Å². The van der Waals surface area contributed by atoms with E-state index in [4.69, 9.17) is 0 Å². The minimum Gasteiger partial charge on any atom is -0.342 e. The lowest BCUT2D eigenvalue weighted by molar-refractivity contribution is -0.131. The van der Waals surface area contributed by atoms with Crippen LogP contribution < -0.4 is 5.32 Å². The first-order chi connectivity index (χ1) is 7.69. The zero-order valence-electron chi connectivity index (χ0n) is 10.8. The molecule has 1 amide bonds. The summed E-state index contributed by atoms with van der Waals surface area (Å²) in [6.07, 6.45) is 2.23. The molecule has 16 heavy (non-hydrogen) atoms. The average molecular weight is 227 g/mol. The number of hydrogen-bond acceptors (Lipinski definition) is 3. The van der Waals surface area contributed by atoms with Gasteiger partial charge in [-0.25, -0.2) is 0 Å². The number of piperidine rings is 1. The Bertz CT molecular complexity index is 212. The van der Waals surface area contributed by atoms with Crippen LogP contribution in [0.1, 0.15) is 26.7 Å². The van der Waals surface area contributed by atoms with Crippen LogP contribution in [-0.4, -0.2) is 61.5 Å². The first-order valence-corrected chi connectivity index (χ1v) is 6.37. The highest BCUT2D eigenvalue weighted by molar-refractivity contribution is 5.78. The summed E-state index contributed by atoms with van der Waals surface area (Å²) in [5.74, 6) is 0.219. The van der Waals surface area contributed by atoms with Crippen molar-refractivity contribution in [2.75, 3.05) is 39.8 Å². The van der Waals surface area contributed by atoms with Crippen molar-refractivity contribution in [1.29, 1.82) is 0 Å². The van der Waals surface area contributed by atoms with Crippen LogP contribution in [-0.2, 0) is 4.79 Å². The van der Waals surface area contributed by atoms with Crippen molar-refractivity contribution in [3.63, 3.8) is 0 Å². The molecular weight excluding hydrogens is 202 g/mol. The number of nitrogens with zero attached hydrogens (tertiary/aromatic N) is 2. The van der Waals surface area contributed by atoms with Crippen molar-refractivity contribution in [3.8, 4) is 0 Å². The number of likely N-dealkylation sites (tertiary alicyclic amines) is 1. The first-order valence-electron chi connectivity index (χ1n) is 6.37. The number of nitrogens with one attached hydrogen (secondary N) is 1. The van der Waals surface area contributed by atoms with Crippen LogP contribution in [0.15, 0.2) is 0 Å². The fourth-order valence-electron chi connectivity index (χ4n) is 2.18. The van der Waals surface area contributed by atoms with E-state index in [-0.39, 0.29) is 5.91 Å². The summed E-state index contributed by atoms with van der Waals surface area (Å²) >= 11 is 0. The van der Waals surface area contributed by atoms with Gasteiger partial charge in [0, 0.05) is 26.2 Å². The molecular formula is C12H25N3O. The number of hydrogen-bond donors (Lipinski definition) is 1. The Morgan fingerprint density at radius 3 is 2.50 bits per heavy atom. The second kappa shape index (κ2) is 6.86. The molecule has 1 aliphatic heterocycles. The molecule has 94 valence electrons. The largest absolute Gasteiger partial charge is 0.342 e. The van der Waals surface area contributed by atoms with Crippen molar-refractivity contribution >= 4 is 5.91 Å². The van der Waals surface area contributed by atoms with Crippen LogP contribution in [0.2, 0.25) is 0 Å². The van der Waals surface area contributed by atoms with E-state index in [1.165, 1.54) is 0 Å². The van der Waals surface area contributed by atoms with Crippen molar-refractivity contribution in [3.05, 3.63) is 0 Å². The van der Waals surface area contributed by atoms with Gasteiger partial charge >= 0.3 is 0 Å². The second-order valence-corrected chi connectivity index (χ2v) is 4.45. The molecule has 0 spiro atoms. The summed E-state index contributed by atoms with van der Waals surface area (Å²) in [4.78, 5) is 16.2. The zero-order chi connectivity index (χ0) is 12.0. The Balaban J connectivity index is 2.32. The van der Waals surface area contributed by atoms with E-state index in [0.29, 0.717) is 12.6 Å². The van der Waals surface area contributed by atoms with Gasteiger partial charge in [0.2, 0.25) is 5.91 Å². The summed E-state index contributed by atoms with van der Waals surface area (Å²) < 4.78 is 0. The van der Waals surface area contributed by atoms with E-state index in [0.717, 1.165) is 39.0 Å². The van der Waals surface area contributed by atoms with Gasteiger partial charge in [-0.05, 0) is 25.9 Å². The Labute approximate surface area is 99.0 Å². The molecule has 1 N–H and O–H groups in total. The Hall–Kier alpha value is -0.610. The molecule has 1 aliphatic rings. The second-order valence-electron chi connectivity index (χ2n) is 4.45. The minimum atomic E-state index is 0.219. The van der Waals surface area contributed by atoms with Crippen LogP contribution in [0.3, 0.4) is 0 Å². The van der Waals surface area contributed by atoms with Gasteiger partial charge in [-0.3, -0.25) is 4.79 Å². The molecule has 0 aromatic heterocycles. The van der Waals surface area contributed by atoms with Gasteiger partial charge in [0.15, 0.2) is 0 Å². The lowest BCUT2D eigenvalue weighted by atomic mass is 10.0. The number of carbonyl (C=O) groups is 1. The summed E-state index contributed by atoms with van der Waals surface area (Å²) in [6, 6.07) is 0.439. The SMILES string of the molecule is CCNCC(=O)N(C)C1CCN(CC)CC1. The molecule has 4 nitrogen and oxygen atoms in total. The molecule has 0 unspecified atom stereocenters. The third-order valence-electron chi connectivity index (χ3n) is 3.47. The molecule has 0 aromatic carbocycles. The van der Waals surface area contributed by atoms with E-state index in [2.05, 4.69) is 17.1 Å². The fraction of sp³-hybridized carbons (Fsp3) is 0.917. The molecule has 1 fully saturated rings. The van der Waals surface area contributed by atoms with E-state index in [9.17, 15) is 4.79 Å². The van der Waals surface area contributed by atoms with Gasteiger partial charge in [-0.1, -0.05) is 13.8 Å². The van der Waals surface area contributed by atoms with Crippen LogP contribution >= 0.6 is 0 Å². The molecule has 0 atom stereocenters. The minimum absolute atomic E-state index is 0.219. The summed E-state index contributed by atoms with van der Waals surface area (Å²) in [6.45, 7) is 8.92. The molecule has 0 aromatic rings. The molecule has 1 saturated heterocycles. The average Bonchev–Trinajstić information content (AvgIpc) is 2.35. The molecule has 0 bridgehead atoms. The van der Waals surface area contributed by atoms with Crippen LogP contribution in [0.25, 0.3) is 0 Å². The van der Waals surface area contributed by atoms with Crippen molar-refractivity contribution in [2.45, 2.75) is 32.7 Å². The van der Waals surface area contributed by atoms with Gasteiger partial charge in [0.25, 0.3) is 0 Å². The third kappa shape index (κ3) is 3.76. The summed E-state index contributed by atoms with van der Waals surface area (Å²) in [7, 11) is 1.94. The maximum Gasteiger partial charge on any atom is 0.236 e. The summed E-state index contributed by atoms with van der Waals surface area (Å²) in [5, 5.41) is 3.09. The van der Waals surface area contributed by atoms with Gasteiger partial charge in [-0.2, -0.15) is 0 Å². The first kappa shape index (κ1) is 13.5. The molecule has 1 rings (SSSR count). The third-order valence-corrected chi connectivity index (χ3v) is 3.47. The normalized spacial score (nSPS) is 18.7. The Morgan fingerprint density at radius 1 is 1.38 bits per heavy atom. The number of carbonyl (C=O) groups excluding carboxylic acids is 1. The monoisotopic (exact) mass is 227 g/mol. The summed E-state index contributed by atoms with van der Waals surface area (Å²) in [5.41, 5.74) is 0. The maximum atomic E-state index is 11.8. The van der Waals surface area contributed by atoms with Gasteiger partial charge in [-0.15, -0.1) is 0 Å². The van der Waals surface area contributed by atoms with Crippen LogP contribution in [0, 0.1) is 0 Å². The number of likely N-dealkylation sites (N-methyl/N-ethyl adjacent to an activating group) is 2. The topological polar surface area (TPSA) is 35.6 Å². The van der Waals surface area contributed by atoms with Crippen molar-refractivity contribution in [1.82, 2.24) is 15.1 Å². The molecule has 0 radical (unpaired) electrons.